The topological polar surface area (TPSA) is 56.0 Å². The Morgan fingerprint density at radius 1 is 1.58 bits per heavy atom. The molecule has 4 nitrogen and oxygen atoms in total. The van der Waals surface area contributed by atoms with Gasteiger partial charge in [-0.2, -0.15) is 4.98 Å². The van der Waals surface area contributed by atoms with Crippen molar-refractivity contribution < 1.29 is 9.32 Å². The van der Waals surface area contributed by atoms with Crippen molar-refractivity contribution in [3.63, 3.8) is 0 Å². The minimum atomic E-state index is -0.0781. The van der Waals surface area contributed by atoms with Crippen molar-refractivity contribution >= 4 is 5.78 Å². The molecule has 0 atom stereocenters. The van der Waals surface area contributed by atoms with Gasteiger partial charge in [0.2, 0.25) is 5.78 Å². The smallest absolute Gasteiger partial charge is 0.293 e. The summed E-state index contributed by atoms with van der Waals surface area (Å²) in [5.74, 6) is 0.874. The molecule has 0 bridgehead atoms. The van der Waals surface area contributed by atoms with Crippen molar-refractivity contribution in [2.24, 2.45) is 5.92 Å². The highest BCUT2D eigenvalue weighted by Gasteiger charge is 2.14. The Morgan fingerprint density at radius 2 is 2.25 bits per heavy atom. The normalized spacial score (nSPS) is 10.7. The van der Waals surface area contributed by atoms with Gasteiger partial charge in [0.05, 0.1) is 0 Å². The first-order chi connectivity index (χ1) is 5.59. The first-order valence-electron chi connectivity index (χ1n) is 3.93. The van der Waals surface area contributed by atoms with Crippen molar-refractivity contribution in [2.75, 3.05) is 0 Å². The Hall–Kier alpha value is -1.19. The Balaban J connectivity index is 2.65. The summed E-state index contributed by atoms with van der Waals surface area (Å²) < 4.78 is 4.72. The van der Waals surface area contributed by atoms with Gasteiger partial charge in [-0.15, -0.1) is 0 Å². The molecule has 0 fully saturated rings. The van der Waals surface area contributed by atoms with E-state index in [9.17, 15) is 4.79 Å². The van der Waals surface area contributed by atoms with Gasteiger partial charge >= 0.3 is 0 Å². The Kier molecular flexibility index (Phi) is 2.58. The van der Waals surface area contributed by atoms with Crippen LogP contribution in [0.1, 0.15) is 36.8 Å². The number of nitrogens with zero attached hydrogens (tertiary/aromatic N) is 2. The molecule has 12 heavy (non-hydrogen) atoms. The van der Waals surface area contributed by atoms with Crippen LogP contribution in [-0.4, -0.2) is 15.9 Å². The van der Waals surface area contributed by atoms with Crippen molar-refractivity contribution in [1.29, 1.82) is 0 Å². The van der Waals surface area contributed by atoms with E-state index < -0.39 is 0 Å². The monoisotopic (exact) mass is 168 g/mol. The van der Waals surface area contributed by atoms with E-state index in [-0.39, 0.29) is 11.7 Å². The molecule has 0 radical (unpaired) electrons. The molecule has 1 aromatic heterocycles. The summed E-state index contributed by atoms with van der Waals surface area (Å²) in [6.45, 7) is 5.64. The van der Waals surface area contributed by atoms with E-state index in [1.54, 1.807) is 6.92 Å². The number of rotatable bonds is 3. The van der Waals surface area contributed by atoms with Crippen LogP contribution in [0.4, 0.5) is 0 Å². The lowest BCUT2D eigenvalue weighted by molar-refractivity contribution is 0.0924. The number of Topliss-reactive ketones (excluding diaryl/α,β-unsaturated/α-hetero) is 1. The first kappa shape index (κ1) is 8.90. The van der Waals surface area contributed by atoms with Gasteiger partial charge in [-0.05, 0) is 12.8 Å². The average Bonchev–Trinajstić information content (AvgIpc) is 2.34. The maximum atomic E-state index is 11.3. The summed E-state index contributed by atoms with van der Waals surface area (Å²) in [4.78, 5) is 15.1. The summed E-state index contributed by atoms with van der Waals surface area (Å²) in [5, 5.41) is 3.54. The quantitative estimate of drug-likeness (QED) is 0.643. The van der Waals surface area contributed by atoms with Crippen LogP contribution in [0.5, 0.6) is 0 Å². The van der Waals surface area contributed by atoms with Crippen LogP contribution in [0, 0.1) is 12.8 Å². The zero-order valence-corrected chi connectivity index (χ0v) is 7.50. The molecule has 1 rings (SSSR count). The molecule has 0 amide bonds. The minimum absolute atomic E-state index is 0.0781. The lowest BCUT2D eigenvalue weighted by atomic mass is 10.1. The van der Waals surface area contributed by atoms with E-state index in [0.29, 0.717) is 18.2 Å². The van der Waals surface area contributed by atoms with Crippen molar-refractivity contribution in [2.45, 2.75) is 27.2 Å². The number of hydrogen-bond donors (Lipinski definition) is 0. The van der Waals surface area contributed by atoms with E-state index in [1.807, 2.05) is 13.8 Å². The largest absolute Gasteiger partial charge is 0.331 e. The average molecular weight is 168 g/mol. The molecular formula is C8H12N2O2. The summed E-state index contributed by atoms with van der Waals surface area (Å²) >= 11 is 0. The number of hydrogen-bond acceptors (Lipinski definition) is 4. The highest BCUT2D eigenvalue weighted by atomic mass is 16.5. The molecule has 0 aliphatic carbocycles. The lowest BCUT2D eigenvalue weighted by Gasteiger charge is -1.97. The molecular weight excluding hydrogens is 156 g/mol. The fraction of sp³-hybridized carbons (Fsp3) is 0.625. The molecule has 0 spiro atoms. The Labute approximate surface area is 71.0 Å². The third-order valence-corrected chi connectivity index (χ3v) is 1.36. The van der Waals surface area contributed by atoms with Gasteiger partial charge in [-0.25, -0.2) is 0 Å². The van der Waals surface area contributed by atoms with E-state index >= 15 is 0 Å². The standard InChI is InChI=1S/C8H12N2O2/c1-5(2)4-7(11)8-9-6(3)10-12-8/h5H,4H2,1-3H3. The first-order valence-corrected chi connectivity index (χ1v) is 3.93. The fourth-order valence-corrected chi connectivity index (χ4v) is 0.868. The molecule has 1 aromatic rings. The second-order valence-corrected chi connectivity index (χ2v) is 3.17. The van der Waals surface area contributed by atoms with Crippen molar-refractivity contribution in [1.82, 2.24) is 10.1 Å². The van der Waals surface area contributed by atoms with Gasteiger partial charge in [0.25, 0.3) is 5.89 Å². The van der Waals surface area contributed by atoms with E-state index in [4.69, 9.17) is 4.52 Å². The SMILES string of the molecule is Cc1noc(C(=O)CC(C)C)n1. The maximum absolute atomic E-state index is 11.3. The van der Waals surface area contributed by atoms with Crippen LogP contribution in [0.25, 0.3) is 0 Å². The van der Waals surface area contributed by atoms with Gasteiger partial charge in [0, 0.05) is 6.42 Å². The number of ketones is 1. The fourth-order valence-electron chi connectivity index (χ4n) is 0.868. The second-order valence-electron chi connectivity index (χ2n) is 3.17. The molecule has 0 unspecified atom stereocenters. The molecule has 0 saturated heterocycles. The van der Waals surface area contributed by atoms with Crippen LogP contribution in [0.2, 0.25) is 0 Å². The van der Waals surface area contributed by atoms with E-state index in [0.717, 1.165) is 0 Å². The molecule has 4 heteroatoms. The summed E-state index contributed by atoms with van der Waals surface area (Å²) in [6, 6.07) is 0. The minimum Gasteiger partial charge on any atom is -0.331 e. The number of aryl methyl sites for hydroxylation is 1. The van der Waals surface area contributed by atoms with Crippen LogP contribution >= 0.6 is 0 Å². The van der Waals surface area contributed by atoms with Crippen LogP contribution < -0.4 is 0 Å². The lowest BCUT2D eigenvalue weighted by Crippen LogP contribution is -2.03. The maximum Gasteiger partial charge on any atom is 0.293 e. The Bertz CT molecular complexity index is 278. The van der Waals surface area contributed by atoms with Crippen molar-refractivity contribution in [3.05, 3.63) is 11.7 Å². The van der Waals surface area contributed by atoms with Crippen LogP contribution in [0.3, 0.4) is 0 Å². The number of aromatic nitrogens is 2. The molecule has 0 N–H and O–H groups in total. The van der Waals surface area contributed by atoms with Crippen LogP contribution in [0.15, 0.2) is 4.52 Å². The predicted molar refractivity (Wildman–Crippen MR) is 42.8 cm³/mol. The van der Waals surface area contributed by atoms with Crippen molar-refractivity contribution in [3.8, 4) is 0 Å². The molecule has 66 valence electrons. The van der Waals surface area contributed by atoms with Gasteiger partial charge in [-0.1, -0.05) is 19.0 Å². The van der Waals surface area contributed by atoms with E-state index in [2.05, 4.69) is 10.1 Å². The number of carbonyl (C=O) groups excluding carboxylic acids is 1. The molecule has 0 aliphatic heterocycles. The summed E-state index contributed by atoms with van der Waals surface area (Å²) in [6.07, 6.45) is 0.460. The van der Waals surface area contributed by atoms with Gasteiger partial charge in [0.1, 0.15) is 0 Å². The Morgan fingerprint density at radius 3 is 2.67 bits per heavy atom. The van der Waals surface area contributed by atoms with Crippen LogP contribution in [-0.2, 0) is 0 Å². The van der Waals surface area contributed by atoms with Gasteiger partial charge in [0.15, 0.2) is 5.82 Å². The molecule has 1 heterocycles. The van der Waals surface area contributed by atoms with E-state index in [1.165, 1.54) is 0 Å². The zero-order valence-electron chi connectivity index (χ0n) is 7.50. The molecule has 0 aliphatic rings. The summed E-state index contributed by atoms with van der Waals surface area (Å²) in [7, 11) is 0. The second kappa shape index (κ2) is 3.47. The highest BCUT2D eigenvalue weighted by Crippen LogP contribution is 2.06. The highest BCUT2D eigenvalue weighted by molar-refractivity contribution is 5.91. The third kappa shape index (κ3) is 2.15. The third-order valence-electron chi connectivity index (χ3n) is 1.36. The zero-order chi connectivity index (χ0) is 9.14. The predicted octanol–water partition coefficient (Wildman–Crippen LogP) is 1.61. The number of carbonyl (C=O) groups is 1. The molecule has 0 saturated carbocycles. The van der Waals surface area contributed by atoms with Gasteiger partial charge < -0.3 is 4.52 Å². The molecule has 0 aromatic carbocycles. The van der Waals surface area contributed by atoms with Gasteiger partial charge in [-0.3, -0.25) is 4.79 Å². The summed E-state index contributed by atoms with van der Waals surface area (Å²) in [5.41, 5.74) is 0.